The Hall–Kier alpha value is -1.59. The number of rotatable bonds is 6. The lowest BCUT2D eigenvalue weighted by molar-refractivity contribution is 0.126. The molecule has 5 heteroatoms. The van der Waals surface area contributed by atoms with Crippen molar-refractivity contribution in [1.82, 2.24) is 9.97 Å². The van der Waals surface area contributed by atoms with Crippen molar-refractivity contribution < 1.29 is 9.84 Å². The average molecular weight is 346 g/mol. The van der Waals surface area contributed by atoms with Crippen LogP contribution in [0.4, 0.5) is 0 Å². The zero-order valence-corrected chi connectivity index (χ0v) is 15.9. The van der Waals surface area contributed by atoms with Gasteiger partial charge >= 0.3 is 0 Å². The Morgan fingerprint density at radius 2 is 1.67 bits per heavy atom. The zero-order valence-electron chi connectivity index (χ0n) is 15.0. The molecule has 2 aromatic rings. The summed E-state index contributed by atoms with van der Waals surface area (Å²) in [6.45, 7) is 10.7. The van der Waals surface area contributed by atoms with E-state index < -0.39 is 6.10 Å². The summed E-state index contributed by atoms with van der Waals surface area (Å²) in [7, 11) is 0. The van der Waals surface area contributed by atoms with Gasteiger partial charge in [-0.2, -0.15) is 0 Å². The van der Waals surface area contributed by atoms with Crippen molar-refractivity contribution in [2.24, 2.45) is 0 Å². The van der Waals surface area contributed by atoms with Gasteiger partial charge in [0.05, 0.1) is 6.10 Å². The van der Waals surface area contributed by atoms with Gasteiger partial charge in [0.15, 0.2) is 5.16 Å². The van der Waals surface area contributed by atoms with E-state index in [1.807, 2.05) is 32.0 Å². The maximum Gasteiger partial charge on any atom is 0.188 e. The molecule has 0 spiro atoms. The number of aliphatic hydroxyl groups excluding tert-OH is 1. The molecule has 4 nitrogen and oxygen atoms in total. The van der Waals surface area contributed by atoms with Crippen LogP contribution in [-0.2, 0) is 5.41 Å². The summed E-state index contributed by atoms with van der Waals surface area (Å²) in [5, 5.41) is 10.8. The maximum absolute atomic E-state index is 10.1. The number of aliphatic hydroxyl groups is 1. The highest BCUT2D eigenvalue weighted by atomic mass is 32.2. The van der Waals surface area contributed by atoms with Crippen molar-refractivity contribution in [2.45, 2.75) is 51.3 Å². The zero-order chi connectivity index (χ0) is 17.7. The molecule has 0 amide bonds. The molecule has 1 aromatic carbocycles. The Bertz CT molecular complexity index is 646. The van der Waals surface area contributed by atoms with E-state index in [2.05, 4.69) is 42.9 Å². The van der Waals surface area contributed by atoms with Crippen LogP contribution in [0.1, 0.15) is 37.7 Å². The number of thioether (sulfide) groups is 1. The number of hydrogen-bond acceptors (Lipinski definition) is 5. The lowest BCUT2D eigenvalue weighted by Crippen LogP contribution is -2.20. The second-order valence-electron chi connectivity index (χ2n) is 6.98. The first-order valence-electron chi connectivity index (χ1n) is 8.10. The maximum atomic E-state index is 10.1. The predicted octanol–water partition coefficient (Wildman–Crippen LogP) is 3.92. The Morgan fingerprint density at radius 3 is 2.21 bits per heavy atom. The summed E-state index contributed by atoms with van der Waals surface area (Å²) in [5.74, 6) is 1.28. The smallest absolute Gasteiger partial charge is 0.188 e. The molecule has 0 aliphatic carbocycles. The molecule has 0 saturated carbocycles. The van der Waals surface area contributed by atoms with Crippen molar-refractivity contribution in [3.63, 3.8) is 0 Å². The molecule has 0 unspecified atom stereocenters. The van der Waals surface area contributed by atoms with Gasteiger partial charge in [-0.15, -0.1) is 0 Å². The third kappa shape index (κ3) is 5.80. The van der Waals surface area contributed by atoms with Gasteiger partial charge in [-0.25, -0.2) is 9.97 Å². The third-order valence-electron chi connectivity index (χ3n) is 3.53. The van der Waals surface area contributed by atoms with Gasteiger partial charge in [0, 0.05) is 17.1 Å². The summed E-state index contributed by atoms with van der Waals surface area (Å²) >= 11 is 1.45. The Morgan fingerprint density at radius 1 is 1.08 bits per heavy atom. The van der Waals surface area contributed by atoms with Gasteiger partial charge in [0.1, 0.15) is 12.4 Å². The van der Waals surface area contributed by atoms with Gasteiger partial charge in [0.2, 0.25) is 0 Å². The normalized spacial score (nSPS) is 12.9. The van der Waals surface area contributed by atoms with Gasteiger partial charge in [-0.1, -0.05) is 44.7 Å². The van der Waals surface area contributed by atoms with E-state index >= 15 is 0 Å². The summed E-state index contributed by atoms with van der Waals surface area (Å²) in [6.07, 6.45) is -0.568. The van der Waals surface area contributed by atoms with Crippen LogP contribution in [0, 0.1) is 13.8 Å². The number of aromatic nitrogens is 2. The predicted molar refractivity (Wildman–Crippen MR) is 98.9 cm³/mol. The first-order valence-corrected chi connectivity index (χ1v) is 9.09. The third-order valence-corrected chi connectivity index (χ3v) is 4.52. The molecule has 0 bridgehead atoms. The van der Waals surface area contributed by atoms with Crippen molar-refractivity contribution in [3.05, 3.63) is 47.3 Å². The minimum Gasteiger partial charge on any atom is -0.491 e. The quantitative estimate of drug-likeness (QED) is 0.634. The number of aryl methyl sites for hydroxylation is 2. The highest BCUT2D eigenvalue weighted by molar-refractivity contribution is 7.99. The standard InChI is InChI=1S/C19H26N2O2S/c1-13-10-14(2)21-18(20-13)24-12-16(22)11-23-17-8-6-15(7-9-17)19(3,4)5/h6-10,16,22H,11-12H2,1-5H3/t16-/m0/s1. The molecule has 0 fully saturated rings. The largest absolute Gasteiger partial charge is 0.491 e. The van der Waals surface area contributed by atoms with Crippen LogP contribution >= 0.6 is 11.8 Å². The molecule has 24 heavy (non-hydrogen) atoms. The molecule has 2 rings (SSSR count). The van der Waals surface area contributed by atoms with E-state index in [-0.39, 0.29) is 12.0 Å². The molecule has 0 aliphatic heterocycles. The van der Waals surface area contributed by atoms with Gasteiger partial charge in [0.25, 0.3) is 0 Å². The SMILES string of the molecule is Cc1cc(C)nc(SC[C@@H](O)COc2ccc(C(C)(C)C)cc2)n1. The Kier molecular flexibility index (Phi) is 6.24. The highest BCUT2D eigenvalue weighted by Gasteiger charge is 2.13. The van der Waals surface area contributed by atoms with E-state index in [9.17, 15) is 5.11 Å². The molecule has 1 N–H and O–H groups in total. The van der Waals surface area contributed by atoms with E-state index in [0.717, 1.165) is 17.1 Å². The number of benzene rings is 1. The second kappa shape index (κ2) is 7.99. The van der Waals surface area contributed by atoms with Gasteiger partial charge in [-0.3, -0.25) is 0 Å². The lowest BCUT2D eigenvalue weighted by Gasteiger charge is -2.19. The first-order chi connectivity index (χ1) is 11.2. The van der Waals surface area contributed by atoms with Crippen LogP contribution in [0.2, 0.25) is 0 Å². The molecule has 0 aliphatic rings. The van der Waals surface area contributed by atoms with Crippen LogP contribution in [0.5, 0.6) is 5.75 Å². The fraction of sp³-hybridized carbons (Fsp3) is 0.474. The Balaban J connectivity index is 1.81. The van der Waals surface area contributed by atoms with Gasteiger partial charge < -0.3 is 9.84 Å². The number of ether oxygens (including phenoxy) is 1. The Labute approximate surface area is 148 Å². The summed E-state index contributed by atoms with van der Waals surface area (Å²) in [6, 6.07) is 9.98. The van der Waals surface area contributed by atoms with Crippen LogP contribution < -0.4 is 4.74 Å². The molecular weight excluding hydrogens is 320 g/mol. The van der Waals surface area contributed by atoms with Crippen molar-refractivity contribution in [3.8, 4) is 5.75 Å². The lowest BCUT2D eigenvalue weighted by atomic mass is 9.87. The summed E-state index contributed by atoms with van der Waals surface area (Å²) < 4.78 is 5.67. The fourth-order valence-corrected chi connectivity index (χ4v) is 3.08. The van der Waals surface area contributed by atoms with Crippen molar-refractivity contribution in [2.75, 3.05) is 12.4 Å². The summed E-state index contributed by atoms with van der Waals surface area (Å²) in [5.41, 5.74) is 3.27. The molecule has 0 saturated heterocycles. The molecule has 0 radical (unpaired) electrons. The van der Waals surface area contributed by atoms with E-state index in [1.54, 1.807) is 0 Å². The highest BCUT2D eigenvalue weighted by Crippen LogP contribution is 2.24. The first kappa shape index (κ1) is 18.7. The number of nitrogens with zero attached hydrogens (tertiary/aromatic N) is 2. The second-order valence-corrected chi connectivity index (χ2v) is 7.97. The fourth-order valence-electron chi connectivity index (χ4n) is 2.22. The van der Waals surface area contributed by atoms with E-state index in [4.69, 9.17) is 4.74 Å². The molecular formula is C19H26N2O2S. The minimum absolute atomic E-state index is 0.126. The van der Waals surface area contributed by atoms with Crippen LogP contribution in [0.3, 0.4) is 0 Å². The van der Waals surface area contributed by atoms with Gasteiger partial charge in [-0.05, 0) is 43.0 Å². The minimum atomic E-state index is -0.568. The van der Waals surface area contributed by atoms with Crippen LogP contribution in [0.25, 0.3) is 0 Å². The number of hydrogen-bond donors (Lipinski definition) is 1. The monoisotopic (exact) mass is 346 g/mol. The molecule has 130 valence electrons. The van der Waals surface area contributed by atoms with E-state index in [0.29, 0.717) is 10.9 Å². The van der Waals surface area contributed by atoms with Crippen molar-refractivity contribution >= 4 is 11.8 Å². The summed E-state index contributed by atoms with van der Waals surface area (Å²) in [4.78, 5) is 8.71. The molecule has 1 atom stereocenters. The molecule has 1 aromatic heterocycles. The average Bonchev–Trinajstić information content (AvgIpc) is 2.49. The molecule has 1 heterocycles. The van der Waals surface area contributed by atoms with Crippen molar-refractivity contribution in [1.29, 1.82) is 0 Å². The van der Waals surface area contributed by atoms with Crippen LogP contribution in [0.15, 0.2) is 35.5 Å². The topological polar surface area (TPSA) is 55.2 Å². The van der Waals surface area contributed by atoms with Crippen LogP contribution in [-0.4, -0.2) is 33.5 Å². The van der Waals surface area contributed by atoms with E-state index in [1.165, 1.54) is 17.3 Å².